The number of aromatic nitrogens is 2. The summed E-state index contributed by atoms with van der Waals surface area (Å²) in [5.41, 5.74) is 11.5. The zero-order chi connectivity index (χ0) is 29.7. The van der Waals surface area contributed by atoms with Crippen molar-refractivity contribution in [1.82, 2.24) is 9.55 Å². The molecular weight excluding hydrogens is 544 g/mol. The lowest BCUT2D eigenvalue weighted by atomic mass is 9.94. The highest BCUT2D eigenvalue weighted by molar-refractivity contribution is 6.14. The van der Waals surface area contributed by atoms with E-state index in [0.29, 0.717) is 0 Å². The number of benzene rings is 7. The first-order chi connectivity index (χ1) is 22.3. The summed E-state index contributed by atoms with van der Waals surface area (Å²) in [6.07, 6.45) is 0. The number of pyridine rings is 1. The second-order valence-electron chi connectivity index (χ2n) is 11.6. The average Bonchev–Trinajstić information content (AvgIpc) is 3.45. The van der Waals surface area contributed by atoms with Crippen LogP contribution in [-0.2, 0) is 0 Å². The van der Waals surface area contributed by atoms with Gasteiger partial charge in [-0.1, -0.05) is 127 Å². The van der Waals surface area contributed by atoms with Gasteiger partial charge in [-0.3, -0.25) is 0 Å². The number of para-hydroxylation sites is 2. The van der Waals surface area contributed by atoms with Gasteiger partial charge in [0.05, 0.1) is 22.2 Å². The Labute approximate surface area is 261 Å². The highest BCUT2D eigenvalue weighted by atomic mass is 15.0. The summed E-state index contributed by atoms with van der Waals surface area (Å²) < 4.78 is 2.36. The molecule has 0 amide bonds. The molecule has 0 aliphatic carbocycles. The molecular formula is C43H28N2. The Hall–Kier alpha value is -5.99. The third-order valence-electron chi connectivity index (χ3n) is 8.98. The Morgan fingerprint density at radius 2 is 1.04 bits per heavy atom. The Morgan fingerprint density at radius 1 is 0.400 bits per heavy atom. The average molecular weight is 573 g/mol. The Bertz CT molecular complexity index is 2510. The summed E-state index contributed by atoms with van der Waals surface area (Å²) in [5, 5.41) is 6.17. The normalized spacial score (nSPS) is 11.6. The highest BCUT2D eigenvalue weighted by Gasteiger charge is 2.15. The van der Waals surface area contributed by atoms with Gasteiger partial charge in [0.1, 0.15) is 0 Å². The van der Waals surface area contributed by atoms with Gasteiger partial charge in [0.15, 0.2) is 0 Å². The van der Waals surface area contributed by atoms with Gasteiger partial charge in [-0.2, -0.15) is 0 Å². The van der Waals surface area contributed by atoms with E-state index < -0.39 is 0 Å². The van der Waals surface area contributed by atoms with E-state index in [9.17, 15) is 0 Å². The molecule has 0 N–H and O–H groups in total. The number of nitrogens with zero attached hydrogens (tertiary/aromatic N) is 2. The SMILES string of the molecule is c1ccc(-c2cc(-c3ccc(-c4ccc5c(c4)c4ccccc4n5-c4ccccc4)cc3)nc3ccc4ccccc4c23)cc1. The predicted octanol–water partition coefficient (Wildman–Crippen LogP) is 11.5. The van der Waals surface area contributed by atoms with Crippen LogP contribution in [0.3, 0.4) is 0 Å². The van der Waals surface area contributed by atoms with Crippen molar-refractivity contribution in [2.24, 2.45) is 0 Å². The molecule has 0 spiro atoms. The summed E-state index contributed by atoms with van der Waals surface area (Å²) in [5.74, 6) is 0. The third-order valence-corrected chi connectivity index (χ3v) is 8.98. The van der Waals surface area contributed by atoms with Crippen LogP contribution in [0.15, 0.2) is 170 Å². The molecule has 2 heteroatoms. The highest BCUT2D eigenvalue weighted by Crippen LogP contribution is 2.38. The van der Waals surface area contributed by atoms with Crippen molar-refractivity contribution in [2.75, 3.05) is 0 Å². The van der Waals surface area contributed by atoms with E-state index in [1.807, 2.05) is 0 Å². The molecule has 45 heavy (non-hydrogen) atoms. The van der Waals surface area contributed by atoms with E-state index in [2.05, 4.69) is 174 Å². The summed E-state index contributed by atoms with van der Waals surface area (Å²) in [6, 6.07) is 60.8. The van der Waals surface area contributed by atoms with E-state index in [0.717, 1.165) is 16.8 Å². The van der Waals surface area contributed by atoms with Crippen molar-refractivity contribution < 1.29 is 0 Å². The number of hydrogen-bond donors (Lipinski definition) is 0. The van der Waals surface area contributed by atoms with Gasteiger partial charge >= 0.3 is 0 Å². The van der Waals surface area contributed by atoms with E-state index in [1.54, 1.807) is 0 Å². The zero-order valence-corrected chi connectivity index (χ0v) is 24.6. The van der Waals surface area contributed by atoms with Crippen LogP contribution in [0.1, 0.15) is 0 Å². The van der Waals surface area contributed by atoms with Gasteiger partial charge in [0, 0.05) is 27.4 Å². The molecule has 0 unspecified atom stereocenters. The molecule has 2 nitrogen and oxygen atoms in total. The molecule has 0 fully saturated rings. The molecule has 0 saturated heterocycles. The lowest BCUT2D eigenvalue weighted by Gasteiger charge is -2.13. The van der Waals surface area contributed by atoms with Crippen LogP contribution in [0, 0.1) is 0 Å². The van der Waals surface area contributed by atoms with Crippen LogP contribution in [0.5, 0.6) is 0 Å². The molecule has 9 aromatic rings. The molecule has 0 aliphatic heterocycles. The molecule has 0 aliphatic rings. The minimum atomic E-state index is 0.976. The van der Waals surface area contributed by atoms with Gasteiger partial charge in [-0.05, 0) is 75.5 Å². The van der Waals surface area contributed by atoms with Crippen LogP contribution in [0.25, 0.3) is 82.7 Å². The maximum atomic E-state index is 5.19. The number of fused-ring (bicyclic) bond motifs is 6. The molecule has 0 atom stereocenters. The second kappa shape index (κ2) is 10.3. The Morgan fingerprint density at radius 3 is 1.87 bits per heavy atom. The predicted molar refractivity (Wildman–Crippen MR) is 190 cm³/mol. The lowest BCUT2D eigenvalue weighted by molar-refractivity contribution is 1.18. The van der Waals surface area contributed by atoms with Gasteiger partial charge in [-0.25, -0.2) is 4.98 Å². The van der Waals surface area contributed by atoms with Crippen LogP contribution in [0.2, 0.25) is 0 Å². The largest absolute Gasteiger partial charge is 0.309 e. The van der Waals surface area contributed by atoms with Gasteiger partial charge in [0.2, 0.25) is 0 Å². The first-order valence-corrected chi connectivity index (χ1v) is 15.4. The van der Waals surface area contributed by atoms with Crippen molar-refractivity contribution in [1.29, 1.82) is 0 Å². The molecule has 9 rings (SSSR count). The quantitative estimate of drug-likeness (QED) is 0.192. The van der Waals surface area contributed by atoms with Crippen molar-refractivity contribution >= 4 is 43.5 Å². The monoisotopic (exact) mass is 572 g/mol. The molecule has 0 bridgehead atoms. The smallest absolute Gasteiger partial charge is 0.0722 e. The minimum absolute atomic E-state index is 0.976. The fraction of sp³-hybridized carbons (Fsp3) is 0. The first-order valence-electron chi connectivity index (χ1n) is 15.4. The van der Waals surface area contributed by atoms with Gasteiger partial charge in [0.25, 0.3) is 0 Å². The minimum Gasteiger partial charge on any atom is -0.309 e. The van der Waals surface area contributed by atoms with Crippen molar-refractivity contribution in [3.8, 4) is 39.2 Å². The molecule has 2 aromatic heterocycles. The Kier molecular flexibility index (Phi) is 5.85. The summed E-state index contributed by atoms with van der Waals surface area (Å²) >= 11 is 0. The van der Waals surface area contributed by atoms with E-state index >= 15 is 0 Å². The summed E-state index contributed by atoms with van der Waals surface area (Å²) in [4.78, 5) is 5.19. The number of rotatable bonds is 4. The van der Waals surface area contributed by atoms with Crippen molar-refractivity contribution in [3.63, 3.8) is 0 Å². The first kappa shape index (κ1) is 25.5. The molecule has 2 heterocycles. The van der Waals surface area contributed by atoms with Crippen LogP contribution < -0.4 is 0 Å². The van der Waals surface area contributed by atoms with Crippen LogP contribution in [-0.4, -0.2) is 9.55 Å². The maximum Gasteiger partial charge on any atom is 0.0722 e. The van der Waals surface area contributed by atoms with Gasteiger partial charge < -0.3 is 4.57 Å². The fourth-order valence-corrected chi connectivity index (χ4v) is 6.84. The molecule has 0 radical (unpaired) electrons. The molecule has 7 aromatic carbocycles. The Balaban J connectivity index is 1.16. The van der Waals surface area contributed by atoms with E-state index in [4.69, 9.17) is 4.98 Å². The zero-order valence-electron chi connectivity index (χ0n) is 24.6. The molecule has 210 valence electrons. The van der Waals surface area contributed by atoms with Crippen molar-refractivity contribution in [3.05, 3.63) is 170 Å². The topological polar surface area (TPSA) is 17.8 Å². The second-order valence-corrected chi connectivity index (χ2v) is 11.6. The standard InChI is InChI=1S/C43H28N2/c1-3-11-30(12-4-1)37-28-40(44-39-25-23-31-13-7-8-16-35(31)43(37)39)32-21-19-29(20-22-32)33-24-26-42-38(27-33)36-17-9-10-18-41(36)45(42)34-14-5-2-6-15-34/h1-28H. The number of hydrogen-bond acceptors (Lipinski definition) is 1. The third kappa shape index (κ3) is 4.22. The fourth-order valence-electron chi connectivity index (χ4n) is 6.84. The maximum absolute atomic E-state index is 5.19. The van der Waals surface area contributed by atoms with E-state index in [1.165, 1.54) is 65.9 Å². The van der Waals surface area contributed by atoms with Crippen LogP contribution >= 0.6 is 0 Å². The van der Waals surface area contributed by atoms with Crippen LogP contribution in [0.4, 0.5) is 0 Å². The van der Waals surface area contributed by atoms with Crippen molar-refractivity contribution in [2.45, 2.75) is 0 Å². The summed E-state index contributed by atoms with van der Waals surface area (Å²) in [6.45, 7) is 0. The lowest BCUT2D eigenvalue weighted by Crippen LogP contribution is -1.93. The van der Waals surface area contributed by atoms with E-state index in [-0.39, 0.29) is 0 Å². The summed E-state index contributed by atoms with van der Waals surface area (Å²) in [7, 11) is 0. The molecule has 0 saturated carbocycles. The van der Waals surface area contributed by atoms with Gasteiger partial charge in [-0.15, -0.1) is 0 Å².